The zero-order chi connectivity index (χ0) is 15.6. The number of aliphatic hydroxyl groups is 4. The van der Waals surface area contributed by atoms with Gasteiger partial charge in [-0.05, 0) is 34.1 Å². The standard InChI is InChI=1S/C6H14O2.C3H8O.C3H6O.CH4O/c1-2-3-4-6(8)5-7;2*1-3(2)4;1-2/h6-8H,2-5H2,1H3;3-4H,1-2H3;1-2H3;2H,1H3. The summed E-state index contributed by atoms with van der Waals surface area (Å²) in [5, 5.41) is 32.1. The summed E-state index contributed by atoms with van der Waals surface area (Å²) in [6.07, 6.45) is 2.15. The van der Waals surface area contributed by atoms with Gasteiger partial charge >= 0.3 is 0 Å². The molecule has 114 valence electrons. The maximum atomic E-state index is 9.44. The van der Waals surface area contributed by atoms with Gasteiger partial charge < -0.3 is 25.2 Å². The van der Waals surface area contributed by atoms with E-state index in [2.05, 4.69) is 6.92 Å². The predicted molar refractivity (Wildman–Crippen MR) is 74.5 cm³/mol. The number of Topliss-reactive ketones (excluding diaryl/α,β-unsaturated/α-hetero) is 1. The van der Waals surface area contributed by atoms with Gasteiger partial charge in [0.25, 0.3) is 0 Å². The van der Waals surface area contributed by atoms with E-state index < -0.39 is 6.10 Å². The molecular weight excluding hydrogens is 236 g/mol. The van der Waals surface area contributed by atoms with Crippen molar-refractivity contribution in [3.8, 4) is 0 Å². The minimum Gasteiger partial charge on any atom is -0.400 e. The van der Waals surface area contributed by atoms with E-state index in [1.165, 1.54) is 13.8 Å². The molecule has 0 radical (unpaired) electrons. The van der Waals surface area contributed by atoms with Crippen molar-refractivity contribution in [2.75, 3.05) is 13.7 Å². The van der Waals surface area contributed by atoms with Crippen molar-refractivity contribution in [3.05, 3.63) is 0 Å². The highest BCUT2D eigenvalue weighted by Gasteiger charge is 1.97. The van der Waals surface area contributed by atoms with Gasteiger partial charge in [-0.15, -0.1) is 0 Å². The molecular formula is C13H32O5. The number of carbonyl (C=O) groups is 1. The summed E-state index contributed by atoms with van der Waals surface area (Å²) in [7, 11) is 1.00. The van der Waals surface area contributed by atoms with Crippen LogP contribution in [-0.2, 0) is 4.79 Å². The average Bonchev–Trinajstić information content (AvgIpc) is 2.27. The van der Waals surface area contributed by atoms with Gasteiger partial charge in [0, 0.05) is 13.2 Å². The zero-order valence-corrected chi connectivity index (χ0v) is 12.7. The zero-order valence-electron chi connectivity index (χ0n) is 12.7. The maximum absolute atomic E-state index is 9.44. The summed E-state index contributed by atoms with van der Waals surface area (Å²) in [6, 6.07) is 0. The number of ketones is 1. The molecule has 0 aromatic carbocycles. The largest absolute Gasteiger partial charge is 0.400 e. The summed E-state index contributed by atoms with van der Waals surface area (Å²) in [6.45, 7) is 8.46. The Labute approximate surface area is 111 Å². The summed E-state index contributed by atoms with van der Waals surface area (Å²) < 4.78 is 0. The first-order valence-corrected chi connectivity index (χ1v) is 6.16. The average molecular weight is 268 g/mol. The van der Waals surface area contributed by atoms with Gasteiger partial charge in [-0.2, -0.15) is 0 Å². The predicted octanol–water partition coefficient (Wildman–Crippen LogP) is 1.12. The molecule has 0 amide bonds. The van der Waals surface area contributed by atoms with Crippen LogP contribution >= 0.6 is 0 Å². The third-order valence-corrected chi connectivity index (χ3v) is 1.10. The van der Waals surface area contributed by atoms with E-state index in [-0.39, 0.29) is 18.5 Å². The summed E-state index contributed by atoms with van der Waals surface area (Å²) >= 11 is 0. The molecule has 0 spiro atoms. The second-order valence-electron chi connectivity index (χ2n) is 3.98. The van der Waals surface area contributed by atoms with Gasteiger partial charge in [0.15, 0.2) is 0 Å². The Kier molecular flexibility index (Phi) is 36.9. The van der Waals surface area contributed by atoms with Crippen LogP contribution in [0.2, 0.25) is 0 Å². The van der Waals surface area contributed by atoms with E-state index in [1.807, 2.05) is 0 Å². The maximum Gasteiger partial charge on any atom is 0.126 e. The third kappa shape index (κ3) is 108. The minimum absolute atomic E-state index is 0.0972. The first-order valence-electron chi connectivity index (χ1n) is 6.16. The highest BCUT2D eigenvalue weighted by atomic mass is 16.3. The monoisotopic (exact) mass is 268 g/mol. The number of hydrogen-bond acceptors (Lipinski definition) is 5. The van der Waals surface area contributed by atoms with Crippen LogP contribution in [0.25, 0.3) is 0 Å². The molecule has 5 nitrogen and oxygen atoms in total. The Morgan fingerprint density at radius 2 is 1.39 bits per heavy atom. The lowest BCUT2D eigenvalue weighted by Crippen LogP contribution is -2.10. The Balaban J connectivity index is -0.0000000834. The molecule has 0 heterocycles. The fourth-order valence-corrected chi connectivity index (χ4v) is 0.531. The Hall–Kier alpha value is -0.490. The van der Waals surface area contributed by atoms with E-state index in [4.69, 9.17) is 20.4 Å². The molecule has 0 rings (SSSR count). The topological polar surface area (TPSA) is 98.0 Å². The summed E-state index contributed by atoms with van der Waals surface area (Å²) in [5.41, 5.74) is 0. The van der Waals surface area contributed by atoms with Crippen molar-refractivity contribution in [1.29, 1.82) is 0 Å². The number of carbonyl (C=O) groups excluding carboxylic acids is 1. The third-order valence-electron chi connectivity index (χ3n) is 1.10. The molecule has 5 heteroatoms. The molecule has 0 aromatic heterocycles. The van der Waals surface area contributed by atoms with Crippen molar-refractivity contribution in [2.45, 2.75) is 66.1 Å². The van der Waals surface area contributed by atoms with Gasteiger partial charge in [0.05, 0.1) is 12.7 Å². The molecule has 4 N–H and O–H groups in total. The molecule has 0 fully saturated rings. The Morgan fingerprint density at radius 3 is 1.56 bits per heavy atom. The Bertz CT molecular complexity index is 131. The van der Waals surface area contributed by atoms with Crippen LogP contribution in [0, 0.1) is 0 Å². The van der Waals surface area contributed by atoms with Crippen molar-refractivity contribution < 1.29 is 25.2 Å². The number of unbranched alkanes of at least 4 members (excludes halogenated alkanes) is 1. The fourth-order valence-electron chi connectivity index (χ4n) is 0.531. The van der Waals surface area contributed by atoms with Crippen LogP contribution in [0.4, 0.5) is 0 Å². The first kappa shape index (κ1) is 26.1. The molecule has 0 aliphatic carbocycles. The van der Waals surface area contributed by atoms with Crippen LogP contribution in [0.1, 0.15) is 53.9 Å². The second kappa shape index (κ2) is 25.4. The van der Waals surface area contributed by atoms with Gasteiger partial charge in [-0.25, -0.2) is 0 Å². The van der Waals surface area contributed by atoms with Crippen molar-refractivity contribution in [2.24, 2.45) is 0 Å². The van der Waals surface area contributed by atoms with E-state index in [9.17, 15) is 4.79 Å². The first-order chi connectivity index (χ1) is 8.27. The highest BCUT2D eigenvalue weighted by Crippen LogP contribution is 1.97. The van der Waals surface area contributed by atoms with E-state index in [0.29, 0.717) is 0 Å². The van der Waals surface area contributed by atoms with Gasteiger partial charge in [0.1, 0.15) is 5.78 Å². The molecule has 18 heavy (non-hydrogen) atoms. The van der Waals surface area contributed by atoms with E-state index in [0.717, 1.165) is 26.4 Å². The SMILES string of the molecule is CC(C)=O.CC(C)O.CCCCC(O)CO.CO. The van der Waals surface area contributed by atoms with Crippen LogP contribution in [0.15, 0.2) is 0 Å². The minimum atomic E-state index is -0.491. The second-order valence-corrected chi connectivity index (χ2v) is 3.98. The lowest BCUT2D eigenvalue weighted by molar-refractivity contribution is -0.114. The normalized spacial score (nSPS) is 9.94. The summed E-state index contributed by atoms with van der Waals surface area (Å²) in [4.78, 5) is 9.44. The van der Waals surface area contributed by atoms with Crippen LogP contribution < -0.4 is 0 Å². The van der Waals surface area contributed by atoms with E-state index in [1.54, 1.807) is 13.8 Å². The quantitative estimate of drug-likeness (QED) is 0.612. The fraction of sp³-hybridized carbons (Fsp3) is 0.923. The molecule has 0 aliphatic rings. The van der Waals surface area contributed by atoms with Crippen LogP contribution in [-0.4, -0.2) is 52.1 Å². The van der Waals surface area contributed by atoms with Crippen molar-refractivity contribution in [1.82, 2.24) is 0 Å². The smallest absolute Gasteiger partial charge is 0.126 e. The molecule has 0 bridgehead atoms. The summed E-state index contributed by atoms with van der Waals surface area (Å²) in [5.74, 6) is 0.167. The molecule has 1 atom stereocenters. The highest BCUT2D eigenvalue weighted by molar-refractivity contribution is 5.72. The molecule has 0 saturated carbocycles. The van der Waals surface area contributed by atoms with E-state index >= 15 is 0 Å². The van der Waals surface area contributed by atoms with Gasteiger partial charge in [-0.1, -0.05) is 19.8 Å². The molecule has 0 aliphatic heterocycles. The van der Waals surface area contributed by atoms with Crippen LogP contribution in [0.3, 0.4) is 0 Å². The Morgan fingerprint density at radius 1 is 1.11 bits per heavy atom. The van der Waals surface area contributed by atoms with Crippen molar-refractivity contribution >= 4 is 5.78 Å². The van der Waals surface area contributed by atoms with Gasteiger partial charge in [0.2, 0.25) is 0 Å². The van der Waals surface area contributed by atoms with Crippen molar-refractivity contribution in [3.63, 3.8) is 0 Å². The number of rotatable bonds is 4. The number of aliphatic hydroxyl groups excluding tert-OH is 4. The number of hydrogen-bond donors (Lipinski definition) is 4. The molecule has 1 unspecified atom stereocenters. The van der Waals surface area contributed by atoms with Gasteiger partial charge in [-0.3, -0.25) is 0 Å². The molecule has 0 saturated heterocycles. The van der Waals surface area contributed by atoms with Crippen LogP contribution in [0.5, 0.6) is 0 Å². The lowest BCUT2D eigenvalue weighted by atomic mass is 10.2. The molecule has 0 aromatic rings. The lowest BCUT2D eigenvalue weighted by Gasteiger charge is -2.02.